The number of alkyl halides is 1. The second kappa shape index (κ2) is 4.31. The first kappa shape index (κ1) is 13.5. The third-order valence-electron chi connectivity index (χ3n) is 3.12. The van der Waals surface area contributed by atoms with Gasteiger partial charge in [-0.1, -0.05) is 15.9 Å². The molecule has 5 nitrogen and oxygen atoms in total. The zero-order chi connectivity index (χ0) is 12.8. The second-order valence-corrected chi connectivity index (χ2v) is 5.89. The van der Waals surface area contributed by atoms with Crippen LogP contribution in [0.2, 0.25) is 0 Å². The summed E-state index contributed by atoms with van der Waals surface area (Å²) in [6.07, 6.45) is 0.697. The minimum atomic E-state index is -1.33. The number of halogens is 2. The summed E-state index contributed by atoms with van der Waals surface area (Å²) in [5.74, 6) is -1.55. The van der Waals surface area contributed by atoms with E-state index in [2.05, 4.69) is 31.9 Å². The molecule has 7 heteroatoms. The maximum absolute atomic E-state index is 11.3. The number of carbonyl (C=O) groups excluding carboxylic acids is 1. The Morgan fingerprint density at radius 3 is 2.65 bits per heavy atom. The summed E-state index contributed by atoms with van der Waals surface area (Å²) in [4.78, 5) is 10.8. The number of rotatable bonds is 2. The van der Waals surface area contributed by atoms with E-state index >= 15 is 0 Å². The molecule has 0 amide bonds. The molecule has 1 fully saturated rings. The highest BCUT2D eigenvalue weighted by Crippen LogP contribution is 2.48. The molecule has 2 rings (SSSR count). The molecule has 3 unspecified atom stereocenters. The van der Waals surface area contributed by atoms with Crippen molar-refractivity contribution >= 4 is 37.8 Å². The smallest absolute Gasteiger partial charge is 0.309 e. The van der Waals surface area contributed by atoms with Crippen molar-refractivity contribution in [3.63, 3.8) is 0 Å². The highest BCUT2D eigenvalue weighted by atomic mass is 79.9. The number of carbonyl (C=O) groups is 1. The monoisotopic (exact) mass is 370 g/mol. The standard InChI is InChI=1S/C10H12Br2O5/c1-15-10(16-2)5(11)3-9(14)4-6(13)17-8(9)7(10)12/h3,7-8,14H,4H2,1-2H3. The van der Waals surface area contributed by atoms with E-state index in [0.29, 0.717) is 4.48 Å². The van der Waals surface area contributed by atoms with Crippen LogP contribution in [0, 0.1) is 0 Å². The van der Waals surface area contributed by atoms with Crippen molar-refractivity contribution in [1.29, 1.82) is 0 Å². The predicted molar refractivity (Wildman–Crippen MR) is 65.9 cm³/mol. The van der Waals surface area contributed by atoms with E-state index in [1.165, 1.54) is 20.3 Å². The van der Waals surface area contributed by atoms with Crippen LogP contribution in [0.5, 0.6) is 0 Å². The molecule has 1 aliphatic heterocycles. The number of hydrogen-bond acceptors (Lipinski definition) is 5. The highest BCUT2D eigenvalue weighted by molar-refractivity contribution is 9.12. The van der Waals surface area contributed by atoms with Gasteiger partial charge in [0.15, 0.2) is 6.10 Å². The minimum absolute atomic E-state index is 0.0711. The first-order valence-electron chi connectivity index (χ1n) is 4.94. The predicted octanol–water partition coefficient (Wildman–Crippen LogP) is 1.08. The summed E-state index contributed by atoms with van der Waals surface area (Å²) in [5.41, 5.74) is -1.33. The molecule has 1 heterocycles. The fourth-order valence-electron chi connectivity index (χ4n) is 2.22. The van der Waals surface area contributed by atoms with Crippen LogP contribution in [0.4, 0.5) is 0 Å². The quantitative estimate of drug-likeness (QED) is 0.447. The molecule has 3 atom stereocenters. The molecule has 1 N–H and O–H groups in total. The fourth-order valence-corrected chi connectivity index (χ4v) is 4.68. The Labute approximate surface area is 115 Å². The van der Waals surface area contributed by atoms with Crippen LogP contribution in [0.25, 0.3) is 0 Å². The molecule has 1 aliphatic carbocycles. The Morgan fingerprint density at radius 1 is 1.53 bits per heavy atom. The minimum Gasteiger partial charge on any atom is -0.457 e. The van der Waals surface area contributed by atoms with E-state index < -0.39 is 28.3 Å². The van der Waals surface area contributed by atoms with Crippen molar-refractivity contribution in [2.45, 2.75) is 28.7 Å². The van der Waals surface area contributed by atoms with E-state index in [1.54, 1.807) is 0 Å². The molecule has 1 saturated heterocycles. The van der Waals surface area contributed by atoms with Gasteiger partial charge in [-0.15, -0.1) is 0 Å². The molecule has 0 saturated carbocycles. The Bertz CT molecular complexity index is 379. The van der Waals surface area contributed by atoms with Gasteiger partial charge in [0.05, 0.1) is 10.9 Å². The van der Waals surface area contributed by atoms with Gasteiger partial charge in [-0.05, 0) is 22.0 Å². The summed E-state index contributed by atoms with van der Waals surface area (Å²) in [6, 6.07) is 0. The average Bonchev–Trinajstić information content (AvgIpc) is 2.55. The lowest BCUT2D eigenvalue weighted by atomic mass is 9.84. The van der Waals surface area contributed by atoms with Crippen LogP contribution in [0.3, 0.4) is 0 Å². The summed E-state index contributed by atoms with van der Waals surface area (Å²) in [6.45, 7) is 0. The molecule has 0 radical (unpaired) electrons. The van der Waals surface area contributed by atoms with Crippen molar-refractivity contribution in [2.75, 3.05) is 14.2 Å². The first-order valence-corrected chi connectivity index (χ1v) is 6.65. The van der Waals surface area contributed by atoms with Crippen LogP contribution < -0.4 is 0 Å². The fraction of sp³-hybridized carbons (Fsp3) is 0.700. The number of hydrogen-bond donors (Lipinski definition) is 1. The van der Waals surface area contributed by atoms with Gasteiger partial charge in [0.1, 0.15) is 10.4 Å². The van der Waals surface area contributed by atoms with Crippen molar-refractivity contribution in [2.24, 2.45) is 0 Å². The first-order chi connectivity index (χ1) is 7.89. The highest BCUT2D eigenvalue weighted by Gasteiger charge is 2.61. The molecule has 0 spiro atoms. The van der Waals surface area contributed by atoms with Crippen LogP contribution in [0.1, 0.15) is 6.42 Å². The average molecular weight is 372 g/mol. The summed E-state index contributed by atoms with van der Waals surface area (Å²) in [5, 5.41) is 10.4. The lowest BCUT2D eigenvalue weighted by Crippen LogP contribution is -2.59. The zero-order valence-corrected chi connectivity index (χ0v) is 12.4. The van der Waals surface area contributed by atoms with E-state index in [0.717, 1.165) is 0 Å². The largest absolute Gasteiger partial charge is 0.457 e. The Morgan fingerprint density at radius 2 is 2.12 bits per heavy atom. The van der Waals surface area contributed by atoms with Gasteiger partial charge in [-0.3, -0.25) is 4.79 Å². The zero-order valence-electron chi connectivity index (χ0n) is 9.28. The van der Waals surface area contributed by atoms with Crippen molar-refractivity contribution in [3.05, 3.63) is 10.6 Å². The lowest BCUT2D eigenvalue weighted by Gasteiger charge is -2.44. The molecule has 0 aromatic heterocycles. The Balaban J connectivity index is 2.49. The van der Waals surface area contributed by atoms with Crippen LogP contribution in [0.15, 0.2) is 10.6 Å². The summed E-state index contributed by atoms with van der Waals surface area (Å²) < 4.78 is 16.4. The van der Waals surface area contributed by atoms with E-state index in [-0.39, 0.29) is 6.42 Å². The van der Waals surface area contributed by atoms with Gasteiger partial charge in [0.25, 0.3) is 0 Å². The molecule has 0 bridgehead atoms. The molecule has 0 aromatic carbocycles. The van der Waals surface area contributed by atoms with Gasteiger partial charge in [-0.2, -0.15) is 0 Å². The van der Waals surface area contributed by atoms with E-state index in [4.69, 9.17) is 14.2 Å². The topological polar surface area (TPSA) is 65.0 Å². The Kier molecular flexibility index (Phi) is 3.42. The number of aliphatic hydroxyl groups is 1. The number of methoxy groups -OCH3 is 2. The van der Waals surface area contributed by atoms with Gasteiger partial charge in [-0.25, -0.2) is 0 Å². The molecule has 2 aliphatic rings. The van der Waals surface area contributed by atoms with Gasteiger partial charge >= 0.3 is 5.97 Å². The number of fused-ring (bicyclic) bond motifs is 1. The summed E-state index contributed by atoms with van der Waals surface area (Å²) >= 11 is 6.70. The van der Waals surface area contributed by atoms with Gasteiger partial charge < -0.3 is 19.3 Å². The molecular weight excluding hydrogens is 360 g/mol. The SMILES string of the molecule is COC1(OC)C(Br)=CC2(O)CC(=O)OC2C1Br. The van der Waals surface area contributed by atoms with Crippen molar-refractivity contribution < 1.29 is 24.1 Å². The van der Waals surface area contributed by atoms with Gasteiger partial charge in [0.2, 0.25) is 5.79 Å². The molecular formula is C10H12Br2O5. The Hall–Kier alpha value is 0.0500. The second-order valence-electron chi connectivity index (χ2n) is 4.05. The maximum atomic E-state index is 11.3. The number of esters is 1. The van der Waals surface area contributed by atoms with Crippen molar-refractivity contribution in [3.8, 4) is 0 Å². The summed E-state index contributed by atoms with van der Waals surface area (Å²) in [7, 11) is 2.96. The lowest BCUT2D eigenvalue weighted by molar-refractivity contribution is -0.200. The molecule has 17 heavy (non-hydrogen) atoms. The van der Waals surface area contributed by atoms with Crippen LogP contribution in [-0.2, 0) is 19.0 Å². The number of ether oxygens (including phenoxy) is 3. The molecule has 0 aromatic rings. The van der Waals surface area contributed by atoms with E-state index in [1.807, 2.05) is 0 Å². The van der Waals surface area contributed by atoms with E-state index in [9.17, 15) is 9.90 Å². The normalized spacial score (nSPS) is 39.6. The maximum Gasteiger partial charge on any atom is 0.309 e. The van der Waals surface area contributed by atoms with Crippen LogP contribution in [-0.4, -0.2) is 47.6 Å². The third kappa shape index (κ3) is 1.79. The molecule has 96 valence electrons. The van der Waals surface area contributed by atoms with Crippen LogP contribution >= 0.6 is 31.9 Å². The van der Waals surface area contributed by atoms with Gasteiger partial charge in [0, 0.05) is 14.2 Å². The van der Waals surface area contributed by atoms with Crippen molar-refractivity contribution in [1.82, 2.24) is 0 Å². The third-order valence-corrected chi connectivity index (χ3v) is 4.99.